The van der Waals surface area contributed by atoms with Gasteiger partial charge >= 0.3 is 0 Å². The van der Waals surface area contributed by atoms with E-state index in [1.165, 1.54) is 32.4 Å². The maximum atomic E-state index is 13.4. The summed E-state index contributed by atoms with van der Waals surface area (Å²) in [5.74, 6) is 0.364. The fraction of sp³-hybridized carbons (Fsp3) is 0.174. The van der Waals surface area contributed by atoms with Gasteiger partial charge in [-0.3, -0.25) is 9.10 Å². The van der Waals surface area contributed by atoms with Gasteiger partial charge in [-0.15, -0.1) is 0 Å². The first-order chi connectivity index (χ1) is 15.3. The van der Waals surface area contributed by atoms with E-state index >= 15 is 0 Å². The normalized spacial score (nSPS) is 11.0. The van der Waals surface area contributed by atoms with Gasteiger partial charge in [0, 0.05) is 11.1 Å². The van der Waals surface area contributed by atoms with Crippen molar-refractivity contribution in [3.05, 3.63) is 77.3 Å². The Kier molecular flexibility index (Phi) is 7.27. The summed E-state index contributed by atoms with van der Waals surface area (Å²) < 4.78 is 38.3. The maximum Gasteiger partial charge on any atom is 0.264 e. The van der Waals surface area contributed by atoms with Crippen LogP contribution in [0.25, 0.3) is 0 Å². The molecule has 0 aliphatic heterocycles. The van der Waals surface area contributed by atoms with E-state index < -0.39 is 22.5 Å². The largest absolute Gasteiger partial charge is 0.497 e. The van der Waals surface area contributed by atoms with Crippen molar-refractivity contribution >= 4 is 38.9 Å². The fourth-order valence-corrected chi connectivity index (χ4v) is 4.61. The number of aryl methyl sites for hydroxylation is 1. The molecule has 0 aromatic heterocycles. The maximum absolute atomic E-state index is 13.4. The Bertz CT molecular complexity index is 1220. The molecule has 9 heteroatoms. The number of halogens is 1. The Morgan fingerprint density at radius 1 is 1.00 bits per heavy atom. The zero-order valence-electron chi connectivity index (χ0n) is 17.8. The molecule has 0 aliphatic rings. The van der Waals surface area contributed by atoms with Crippen molar-refractivity contribution in [1.29, 1.82) is 0 Å². The van der Waals surface area contributed by atoms with Crippen molar-refractivity contribution in [2.24, 2.45) is 0 Å². The van der Waals surface area contributed by atoms with E-state index in [1.807, 2.05) is 6.92 Å². The number of carbonyl (C=O) groups excluding carboxylic acids is 1. The van der Waals surface area contributed by atoms with Gasteiger partial charge in [0.25, 0.3) is 10.0 Å². The first-order valence-corrected chi connectivity index (χ1v) is 11.4. The molecule has 3 aromatic carbocycles. The van der Waals surface area contributed by atoms with Gasteiger partial charge in [-0.05, 0) is 48.9 Å². The first kappa shape index (κ1) is 23.4. The second-order valence-corrected chi connectivity index (χ2v) is 9.14. The number of benzene rings is 3. The zero-order chi connectivity index (χ0) is 23.3. The summed E-state index contributed by atoms with van der Waals surface area (Å²) in [5, 5.41) is 3.10. The molecule has 0 saturated carbocycles. The molecule has 0 radical (unpaired) electrons. The average Bonchev–Trinajstić information content (AvgIpc) is 2.79. The van der Waals surface area contributed by atoms with Crippen LogP contribution in [0.15, 0.2) is 71.6 Å². The van der Waals surface area contributed by atoms with Crippen molar-refractivity contribution in [3.63, 3.8) is 0 Å². The third kappa shape index (κ3) is 5.15. The van der Waals surface area contributed by atoms with E-state index in [-0.39, 0.29) is 10.6 Å². The van der Waals surface area contributed by atoms with Gasteiger partial charge in [0.05, 0.1) is 30.5 Å². The molecule has 0 saturated heterocycles. The summed E-state index contributed by atoms with van der Waals surface area (Å²) in [6, 6.07) is 17.7. The molecule has 1 amide bonds. The van der Waals surface area contributed by atoms with E-state index in [0.29, 0.717) is 22.2 Å². The number of hydrogen-bond acceptors (Lipinski definition) is 5. The molecule has 3 aromatic rings. The Hall–Kier alpha value is -3.23. The summed E-state index contributed by atoms with van der Waals surface area (Å²) in [7, 11) is -1.07. The quantitative estimate of drug-likeness (QED) is 0.519. The lowest BCUT2D eigenvalue weighted by molar-refractivity contribution is -0.114. The number of rotatable bonds is 8. The van der Waals surface area contributed by atoms with Gasteiger partial charge in [-0.1, -0.05) is 35.9 Å². The predicted molar refractivity (Wildman–Crippen MR) is 125 cm³/mol. The minimum absolute atomic E-state index is 0.0588. The van der Waals surface area contributed by atoms with Crippen LogP contribution in [0.1, 0.15) is 5.56 Å². The summed E-state index contributed by atoms with van der Waals surface area (Å²) in [6.45, 7) is 1.33. The predicted octanol–water partition coefficient (Wildman–Crippen LogP) is 4.50. The van der Waals surface area contributed by atoms with Crippen molar-refractivity contribution in [1.82, 2.24) is 0 Å². The Balaban J connectivity index is 1.98. The number of nitrogens with zero attached hydrogens (tertiary/aromatic N) is 1. The number of sulfonamides is 1. The Morgan fingerprint density at radius 3 is 2.34 bits per heavy atom. The highest BCUT2D eigenvalue weighted by Gasteiger charge is 2.28. The minimum atomic E-state index is -4.04. The molecule has 0 aliphatic carbocycles. The number of carbonyl (C=O) groups is 1. The summed E-state index contributed by atoms with van der Waals surface area (Å²) in [5.41, 5.74) is 1.42. The van der Waals surface area contributed by atoms with Crippen molar-refractivity contribution < 1.29 is 22.7 Å². The standard InChI is InChI=1S/C23H23ClN2O5S/c1-16-9-10-17(13-20(16)24)26(32(28,29)19-7-5-4-6-8-19)15-23(27)25-21-14-18(30-2)11-12-22(21)31-3/h4-14H,15H2,1-3H3,(H,25,27). The third-order valence-corrected chi connectivity index (χ3v) is 6.94. The zero-order valence-corrected chi connectivity index (χ0v) is 19.4. The lowest BCUT2D eigenvalue weighted by Crippen LogP contribution is -2.38. The van der Waals surface area contributed by atoms with Gasteiger partial charge in [-0.2, -0.15) is 0 Å². The van der Waals surface area contributed by atoms with Gasteiger partial charge in [0.15, 0.2) is 0 Å². The van der Waals surface area contributed by atoms with Crippen LogP contribution in [0, 0.1) is 6.92 Å². The van der Waals surface area contributed by atoms with E-state index in [9.17, 15) is 13.2 Å². The molecular formula is C23H23ClN2O5S. The van der Waals surface area contributed by atoms with E-state index in [0.717, 1.165) is 9.87 Å². The fourth-order valence-electron chi connectivity index (χ4n) is 3.00. The van der Waals surface area contributed by atoms with E-state index in [4.69, 9.17) is 21.1 Å². The molecule has 0 spiro atoms. The van der Waals surface area contributed by atoms with Gasteiger partial charge < -0.3 is 14.8 Å². The smallest absolute Gasteiger partial charge is 0.264 e. The lowest BCUT2D eigenvalue weighted by atomic mass is 10.2. The summed E-state index contributed by atoms with van der Waals surface area (Å²) >= 11 is 6.24. The molecule has 1 N–H and O–H groups in total. The van der Waals surface area contributed by atoms with Gasteiger partial charge in [0.1, 0.15) is 18.0 Å². The molecule has 0 unspecified atom stereocenters. The molecule has 32 heavy (non-hydrogen) atoms. The Labute approximate surface area is 192 Å². The Morgan fingerprint density at radius 2 is 1.72 bits per heavy atom. The van der Waals surface area contributed by atoms with Crippen LogP contribution in [-0.2, 0) is 14.8 Å². The molecule has 168 valence electrons. The van der Waals surface area contributed by atoms with Crippen molar-refractivity contribution in [2.45, 2.75) is 11.8 Å². The lowest BCUT2D eigenvalue weighted by Gasteiger charge is -2.25. The summed E-state index contributed by atoms with van der Waals surface area (Å²) in [4.78, 5) is 13.0. The molecule has 0 heterocycles. The van der Waals surface area contributed by atoms with Crippen LogP contribution in [0.3, 0.4) is 0 Å². The van der Waals surface area contributed by atoms with Crippen LogP contribution in [0.2, 0.25) is 5.02 Å². The highest BCUT2D eigenvalue weighted by molar-refractivity contribution is 7.92. The topological polar surface area (TPSA) is 84.9 Å². The molecule has 3 rings (SSSR count). The van der Waals surface area contributed by atoms with Gasteiger partial charge in [0.2, 0.25) is 5.91 Å². The van der Waals surface area contributed by atoms with Crippen LogP contribution < -0.4 is 19.1 Å². The number of nitrogens with one attached hydrogen (secondary N) is 1. The second kappa shape index (κ2) is 9.93. The molecule has 7 nitrogen and oxygen atoms in total. The molecule has 0 bridgehead atoms. The average molecular weight is 475 g/mol. The minimum Gasteiger partial charge on any atom is -0.497 e. The molecular weight excluding hydrogens is 452 g/mol. The molecule has 0 fully saturated rings. The SMILES string of the molecule is COc1ccc(OC)c(NC(=O)CN(c2ccc(C)c(Cl)c2)S(=O)(=O)c2ccccc2)c1. The first-order valence-electron chi connectivity index (χ1n) is 9.62. The van der Waals surface area contributed by atoms with Crippen LogP contribution in [0.5, 0.6) is 11.5 Å². The van der Waals surface area contributed by atoms with Crippen LogP contribution in [0.4, 0.5) is 11.4 Å². The second-order valence-electron chi connectivity index (χ2n) is 6.87. The number of ether oxygens (including phenoxy) is 2. The number of anilines is 2. The number of hydrogen-bond donors (Lipinski definition) is 1. The van der Waals surface area contributed by atoms with Crippen LogP contribution in [-0.4, -0.2) is 35.1 Å². The summed E-state index contributed by atoms with van der Waals surface area (Å²) in [6.07, 6.45) is 0. The third-order valence-electron chi connectivity index (χ3n) is 4.74. The molecule has 0 atom stereocenters. The van der Waals surface area contributed by atoms with Crippen molar-refractivity contribution in [2.75, 3.05) is 30.4 Å². The van der Waals surface area contributed by atoms with Crippen molar-refractivity contribution in [3.8, 4) is 11.5 Å². The number of methoxy groups -OCH3 is 2. The highest BCUT2D eigenvalue weighted by atomic mass is 35.5. The van der Waals surface area contributed by atoms with Gasteiger partial charge in [-0.25, -0.2) is 8.42 Å². The number of amides is 1. The highest BCUT2D eigenvalue weighted by Crippen LogP contribution is 2.30. The monoisotopic (exact) mass is 474 g/mol. The van der Waals surface area contributed by atoms with E-state index in [2.05, 4.69) is 5.32 Å². The van der Waals surface area contributed by atoms with Crippen LogP contribution >= 0.6 is 11.6 Å². The van der Waals surface area contributed by atoms with E-state index in [1.54, 1.807) is 48.5 Å².